The van der Waals surface area contributed by atoms with Crippen molar-refractivity contribution >= 4 is 18.1 Å². The lowest BCUT2D eigenvalue weighted by atomic mass is 10.1. The van der Waals surface area contributed by atoms with Gasteiger partial charge in [0.15, 0.2) is 11.5 Å². The standard InChI is InChI=1S/C18H20FN5O2/c19-15-3-1-14(2-4-15)7-8-20-18(26)16-5-6-17(22-21-16)24-11-9-23(13-25)10-12-24/h1-6,13H,7-12H2,(H,20,26). The van der Waals surface area contributed by atoms with Gasteiger partial charge in [0.25, 0.3) is 5.91 Å². The highest BCUT2D eigenvalue weighted by Gasteiger charge is 2.17. The molecule has 2 amide bonds. The van der Waals surface area contributed by atoms with E-state index in [1.54, 1.807) is 29.2 Å². The van der Waals surface area contributed by atoms with E-state index in [0.717, 1.165) is 12.0 Å². The van der Waals surface area contributed by atoms with E-state index in [9.17, 15) is 14.0 Å². The number of nitrogens with one attached hydrogen (secondary N) is 1. The van der Waals surface area contributed by atoms with Crippen molar-refractivity contribution in [3.8, 4) is 0 Å². The third kappa shape index (κ3) is 4.53. The molecule has 0 unspecified atom stereocenters. The molecule has 0 atom stereocenters. The van der Waals surface area contributed by atoms with Gasteiger partial charge in [-0.25, -0.2) is 4.39 Å². The van der Waals surface area contributed by atoms with Gasteiger partial charge in [-0.1, -0.05) is 12.1 Å². The minimum absolute atomic E-state index is 0.249. The van der Waals surface area contributed by atoms with E-state index in [0.29, 0.717) is 45.0 Å². The van der Waals surface area contributed by atoms with E-state index < -0.39 is 0 Å². The molecule has 0 spiro atoms. The Hall–Kier alpha value is -3.03. The molecule has 1 saturated heterocycles. The average molecular weight is 357 g/mol. The Kier molecular flexibility index (Phi) is 5.73. The van der Waals surface area contributed by atoms with Crippen LogP contribution >= 0.6 is 0 Å². The van der Waals surface area contributed by atoms with Crippen LogP contribution in [0.5, 0.6) is 0 Å². The fraction of sp³-hybridized carbons (Fsp3) is 0.333. The van der Waals surface area contributed by atoms with Crippen molar-refractivity contribution in [2.45, 2.75) is 6.42 Å². The first-order chi connectivity index (χ1) is 12.7. The highest BCUT2D eigenvalue weighted by Crippen LogP contribution is 2.12. The smallest absolute Gasteiger partial charge is 0.271 e. The number of hydrogen-bond acceptors (Lipinski definition) is 5. The molecule has 7 nitrogen and oxygen atoms in total. The highest BCUT2D eigenvalue weighted by atomic mass is 19.1. The Morgan fingerprint density at radius 1 is 1.08 bits per heavy atom. The Labute approximate surface area is 150 Å². The van der Waals surface area contributed by atoms with Gasteiger partial charge in [-0.2, -0.15) is 0 Å². The molecule has 1 aliphatic rings. The van der Waals surface area contributed by atoms with Gasteiger partial charge in [0.1, 0.15) is 5.82 Å². The molecule has 0 saturated carbocycles. The van der Waals surface area contributed by atoms with Crippen LogP contribution in [0.15, 0.2) is 36.4 Å². The van der Waals surface area contributed by atoms with E-state index in [-0.39, 0.29) is 17.4 Å². The van der Waals surface area contributed by atoms with Crippen LogP contribution in [0.25, 0.3) is 0 Å². The van der Waals surface area contributed by atoms with Crippen LogP contribution in [0, 0.1) is 5.82 Å². The maximum atomic E-state index is 12.9. The van der Waals surface area contributed by atoms with Gasteiger partial charge in [-0.05, 0) is 36.2 Å². The summed E-state index contributed by atoms with van der Waals surface area (Å²) in [5, 5.41) is 10.9. The summed E-state index contributed by atoms with van der Waals surface area (Å²) in [5.41, 5.74) is 1.20. The van der Waals surface area contributed by atoms with Crippen LogP contribution in [-0.2, 0) is 11.2 Å². The van der Waals surface area contributed by atoms with Gasteiger partial charge in [-0.3, -0.25) is 9.59 Å². The SMILES string of the molecule is O=CN1CCN(c2ccc(C(=O)NCCc3ccc(F)cc3)nn2)CC1. The van der Waals surface area contributed by atoms with E-state index >= 15 is 0 Å². The molecule has 1 aromatic carbocycles. The fourth-order valence-corrected chi connectivity index (χ4v) is 2.73. The summed E-state index contributed by atoms with van der Waals surface area (Å²) >= 11 is 0. The number of nitrogens with zero attached hydrogens (tertiary/aromatic N) is 4. The topological polar surface area (TPSA) is 78.4 Å². The molecule has 8 heteroatoms. The molecule has 1 aliphatic heterocycles. The molecule has 2 heterocycles. The molecule has 136 valence electrons. The number of halogens is 1. The summed E-state index contributed by atoms with van der Waals surface area (Å²) in [4.78, 5) is 26.6. The van der Waals surface area contributed by atoms with Crippen molar-refractivity contribution in [2.75, 3.05) is 37.6 Å². The van der Waals surface area contributed by atoms with Crippen molar-refractivity contribution in [1.82, 2.24) is 20.4 Å². The van der Waals surface area contributed by atoms with Crippen molar-refractivity contribution < 1.29 is 14.0 Å². The molecule has 2 aromatic rings. The van der Waals surface area contributed by atoms with E-state index in [4.69, 9.17) is 0 Å². The van der Waals surface area contributed by atoms with Crippen LogP contribution in [0.1, 0.15) is 16.1 Å². The zero-order valence-electron chi connectivity index (χ0n) is 14.3. The van der Waals surface area contributed by atoms with E-state index in [2.05, 4.69) is 15.5 Å². The number of amides is 2. The predicted molar refractivity (Wildman–Crippen MR) is 94.3 cm³/mol. The zero-order chi connectivity index (χ0) is 18.4. The third-order valence-corrected chi connectivity index (χ3v) is 4.28. The summed E-state index contributed by atoms with van der Waals surface area (Å²) in [7, 11) is 0. The summed E-state index contributed by atoms with van der Waals surface area (Å²) in [6.07, 6.45) is 1.46. The number of aromatic nitrogens is 2. The lowest BCUT2D eigenvalue weighted by Crippen LogP contribution is -2.46. The van der Waals surface area contributed by atoms with Gasteiger partial charge in [0, 0.05) is 32.7 Å². The predicted octanol–water partition coefficient (Wildman–Crippen LogP) is 0.867. The molecule has 1 aromatic heterocycles. The maximum Gasteiger partial charge on any atom is 0.271 e. The molecule has 1 N–H and O–H groups in total. The molecule has 26 heavy (non-hydrogen) atoms. The number of anilines is 1. The largest absolute Gasteiger partial charge is 0.352 e. The first-order valence-electron chi connectivity index (χ1n) is 8.46. The van der Waals surface area contributed by atoms with Crippen LogP contribution in [0.3, 0.4) is 0 Å². The highest BCUT2D eigenvalue weighted by molar-refractivity contribution is 5.92. The molecule has 0 aliphatic carbocycles. The fourth-order valence-electron chi connectivity index (χ4n) is 2.73. The van der Waals surface area contributed by atoms with Crippen molar-refractivity contribution in [2.24, 2.45) is 0 Å². The first kappa shape index (κ1) is 17.8. The van der Waals surface area contributed by atoms with Crippen molar-refractivity contribution in [3.05, 3.63) is 53.5 Å². The first-order valence-corrected chi connectivity index (χ1v) is 8.46. The van der Waals surface area contributed by atoms with Crippen LogP contribution in [0.4, 0.5) is 10.2 Å². The van der Waals surface area contributed by atoms with Crippen LogP contribution in [0.2, 0.25) is 0 Å². The molecular formula is C18H20FN5O2. The van der Waals surface area contributed by atoms with Crippen LogP contribution < -0.4 is 10.2 Å². The van der Waals surface area contributed by atoms with Crippen molar-refractivity contribution in [1.29, 1.82) is 0 Å². The summed E-state index contributed by atoms with van der Waals surface area (Å²) in [6.45, 7) is 3.11. The number of carbonyl (C=O) groups is 2. The monoisotopic (exact) mass is 357 g/mol. The summed E-state index contributed by atoms with van der Waals surface area (Å²) < 4.78 is 12.9. The third-order valence-electron chi connectivity index (χ3n) is 4.28. The Morgan fingerprint density at radius 2 is 1.81 bits per heavy atom. The Bertz CT molecular complexity index is 743. The molecular weight excluding hydrogens is 337 g/mol. The lowest BCUT2D eigenvalue weighted by Gasteiger charge is -2.32. The zero-order valence-corrected chi connectivity index (χ0v) is 14.3. The molecule has 3 rings (SSSR count). The second kappa shape index (κ2) is 8.37. The lowest BCUT2D eigenvalue weighted by molar-refractivity contribution is -0.118. The minimum Gasteiger partial charge on any atom is -0.352 e. The summed E-state index contributed by atoms with van der Waals surface area (Å²) in [6, 6.07) is 9.59. The number of hydrogen-bond donors (Lipinski definition) is 1. The second-order valence-electron chi connectivity index (χ2n) is 6.04. The van der Waals surface area contributed by atoms with Gasteiger partial charge in [0.2, 0.25) is 6.41 Å². The van der Waals surface area contributed by atoms with Gasteiger partial charge in [0.05, 0.1) is 0 Å². The molecule has 0 radical (unpaired) electrons. The van der Waals surface area contributed by atoms with E-state index in [1.165, 1.54) is 12.1 Å². The molecule has 0 bridgehead atoms. The Morgan fingerprint density at radius 3 is 2.42 bits per heavy atom. The van der Waals surface area contributed by atoms with E-state index in [1.807, 2.05) is 4.90 Å². The maximum absolute atomic E-state index is 12.9. The molecule has 1 fully saturated rings. The summed E-state index contributed by atoms with van der Waals surface area (Å²) in [5.74, 6) is 0.121. The van der Waals surface area contributed by atoms with Gasteiger partial charge >= 0.3 is 0 Å². The Balaban J connectivity index is 1.49. The minimum atomic E-state index is -0.295. The number of carbonyl (C=O) groups excluding carboxylic acids is 2. The van der Waals surface area contributed by atoms with Crippen molar-refractivity contribution in [3.63, 3.8) is 0 Å². The average Bonchev–Trinajstić information content (AvgIpc) is 2.69. The quantitative estimate of drug-likeness (QED) is 0.776. The normalized spacial score (nSPS) is 14.2. The second-order valence-corrected chi connectivity index (χ2v) is 6.04. The number of piperazine rings is 1. The van der Waals surface area contributed by atoms with Gasteiger partial charge in [-0.15, -0.1) is 10.2 Å². The number of rotatable bonds is 6. The number of benzene rings is 1. The van der Waals surface area contributed by atoms with Gasteiger partial charge < -0.3 is 15.1 Å². The van der Waals surface area contributed by atoms with Crippen LogP contribution in [-0.4, -0.2) is 60.1 Å².